The molecule has 0 amide bonds. The second kappa shape index (κ2) is 10.4. The maximum Gasteiger partial charge on any atom is 0.416 e. The van der Waals surface area contributed by atoms with E-state index in [9.17, 15) is 13.2 Å². The summed E-state index contributed by atoms with van der Waals surface area (Å²) in [5.41, 5.74) is 2.43. The van der Waals surface area contributed by atoms with E-state index in [1.807, 2.05) is 24.5 Å². The van der Waals surface area contributed by atoms with Gasteiger partial charge in [-0.25, -0.2) is 4.98 Å². The van der Waals surface area contributed by atoms with Gasteiger partial charge in [0, 0.05) is 37.4 Å². The number of fused-ring (bicyclic) bond motifs is 1. The van der Waals surface area contributed by atoms with Crippen molar-refractivity contribution in [3.05, 3.63) is 72.1 Å². The van der Waals surface area contributed by atoms with Gasteiger partial charge in [-0.1, -0.05) is 30.3 Å². The number of rotatable bonds is 7. The van der Waals surface area contributed by atoms with Crippen molar-refractivity contribution in [2.75, 3.05) is 23.7 Å². The van der Waals surface area contributed by atoms with Gasteiger partial charge in [-0.05, 0) is 56.5 Å². The van der Waals surface area contributed by atoms with E-state index in [2.05, 4.69) is 54.8 Å². The minimum atomic E-state index is -4.38. The number of nitrogens with one attached hydrogen (secondary N) is 2. The number of imidazole rings is 1. The van der Waals surface area contributed by atoms with E-state index in [1.54, 1.807) is 6.33 Å². The van der Waals surface area contributed by atoms with Crippen molar-refractivity contribution in [1.82, 2.24) is 24.4 Å². The van der Waals surface area contributed by atoms with Crippen molar-refractivity contribution in [3.8, 4) is 0 Å². The van der Waals surface area contributed by atoms with E-state index in [-0.39, 0.29) is 12.1 Å². The predicted molar refractivity (Wildman–Crippen MR) is 139 cm³/mol. The summed E-state index contributed by atoms with van der Waals surface area (Å²) < 4.78 is 40.8. The van der Waals surface area contributed by atoms with Crippen LogP contribution in [0.2, 0.25) is 0 Å². The summed E-state index contributed by atoms with van der Waals surface area (Å²) in [7, 11) is 0. The molecule has 1 saturated heterocycles. The summed E-state index contributed by atoms with van der Waals surface area (Å²) in [6, 6.07) is 15.7. The molecular weight excluding hydrogens is 479 g/mol. The van der Waals surface area contributed by atoms with Gasteiger partial charge >= 0.3 is 6.18 Å². The van der Waals surface area contributed by atoms with Crippen LogP contribution < -0.4 is 10.6 Å². The Hall–Kier alpha value is -3.66. The molecule has 10 heteroatoms. The lowest BCUT2D eigenvalue weighted by Crippen LogP contribution is -2.38. The molecule has 0 unspecified atom stereocenters. The molecular formula is C27H30F3N7. The minimum Gasteiger partial charge on any atom is -0.365 e. The van der Waals surface area contributed by atoms with Crippen molar-refractivity contribution >= 4 is 28.6 Å². The number of piperidine rings is 1. The van der Waals surface area contributed by atoms with E-state index in [0.717, 1.165) is 44.6 Å². The van der Waals surface area contributed by atoms with Crippen LogP contribution in [0.25, 0.3) is 11.2 Å². The fourth-order valence-electron chi connectivity index (χ4n) is 4.59. The van der Waals surface area contributed by atoms with Crippen LogP contribution in [0, 0.1) is 0 Å². The summed E-state index contributed by atoms with van der Waals surface area (Å²) in [5, 5.41) is 6.64. The predicted octanol–water partition coefficient (Wildman–Crippen LogP) is 6.25. The second-order valence-corrected chi connectivity index (χ2v) is 9.69. The van der Waals surface area contributed by atoms with E-state index in [0.29, 0.717) is 28.6 Å². The van der Waals surface area contributed by atoms with Crippen LogP contribution in [0.15, 0.2) is 60.9 Å². The molecule has 2 aromatic heterocycles. The van der Waals surface area contributed by atoms with Crippen molar-refractivity contribution in [2.45, 2.75) is 51.5 Å². The lowest BCUT2D eigenvalue weighted by Gasteiger charge is -2.32. The number of anilines is 3. The van der Waals surface area contributed by atoms with Crippen molar-refractivity contribution in [3.63, 3.8) is 0 Å². The third kappa shape index (κ3) is 5.85. The molecule has 4 aromatic rings. The van der Waals surface area contributed by atoms with Gasteiger partial charge in [0.2, 0.25) is 5.95 Å². The molecule has 0 aliphatic carbocycles. The van der Waals surface area contributed by atoms with Gasteiger partial charge in [0.05, 0.1) is 11.9 Å². The highest BCUT2D eigenvalue weighted by molar-refractivity contribution is 5.85. The smallest absolute Gasteiger partial charge is 0.365 e. The van der Waals surface area contributed by atoms with Crippen LogP contribution >= 0.6 is 0 Å². The zero-order valence-electron chi connectivity index (χ0n) is 20.8. The van der Waals surface area contributed by atoms with Gasteiger partial charge in [-0.15, -0.1) is 0 Å². The van der Waals surface area contributed by atoms with Gasteiger partial charge in [0.15, 0.2) is 17.0 Å². The normalized spacial score (nSPS) is 15.4. The average Bonchev–Trinajstić information content (AvgIpc) is 3.30. The Morgan fingerprint density at radius 3 is 2.32 bits per heavy atom. The van der Waals surface area contributed by atoms with Gasteiger partial charge in [-0.3, -0.25) is 4.90 Å². The van der Waals surface area contributed by atoms with Crippen molar-refractivity contribution < 1.29 is 13.2 Å². The first-order valence-electron chi connectivity index (χ1n) is 12.5. The number of benzene rings is 2. The number of nitrogens with zero attached hydrogens (tertiary/aromatic N) is 5. The van der Waals surface area contributed by atoms with Crippen LogP contribution in [0.1, 0.15) is 43.9 Å². The molecule has 7 nitrogen and oxygen atoms in total. The molecule has 1 aliphatic heterocycles. The number of alkyl halides is 3. The Balaban J connectivity index is 1.34. The second-order valence-electron chi connectivity index (χ2n) is 9.69. The highest BCUT2D eigenvalue weighted by Gasteiger charge is 2.30. The van der Waals surface area contributed by atoms with Gasteiger partial charge in [-0.2, -0.15) is 23.1 Å². The first kappa shape index (κ1) is 25.0. The molecule has 2 aromatic carbocycles. The largest absolute Gasteiger partial charge is 0.416 e. The Labute approximate surface area is 213 Å². The highest BCUT2D eigenvalue weighted by Crippen LogP contribution is 2.31. The van der Waals surface area contributed by atoms with Crippen molar-refractivity contribution in [1.29, 1.82) is 0 Å². The lowest BCUT2D eigenvalue weighted by molar-refractivity contribution is -0.137. The molecule has 0 radical (unpaired) electrons. The van der Waals surface area contributed by atoms with E-state index in [4.69, 9.17) is 0 Å². The maximum absolute atomic E-state index is 12.9. The Kier molecular flexibility index (Phi) is 7.01. The summed E-state index contributed by atoms with van der Waals surface area (Å²) in [5.74, 6) is 0.930. The summed E-state index contributed by atoms with van der Waals surface area (Å²) in [6.07, 6.45) is -0.708. The molecule has 5 rings (SSSR count). The molecule has 37 heavy (non-hydrogen) atoms. The topological polar surface area (TPSA) is 70.9 Å². The lowest BCUT2D eigenvalue weighted by atomic mass is 10.0. The molecule has 2 N–H and O–H groups in total. The summed E-state index contributed by atoms with van der Waals surface area (Å²) in [6.45, 7) is 6.96. The van der Waals surface area contributed by atoms with Gasteiger partial charge in [0.1, 0.15) is 0 Å². The number of hydrogen-bond donors (Lipinski definition) is 2. The van der Waals surface area contributed by atoms with Crippen molar-refractivity contribution in [2.24, 2.45) is 0 Å². The molecule has 1 aliphatic rings. The van der Waals surface area contributed by atoms with E-state index in [1.165, 1.54) is 17.7 Å². The first-order valence-corrected chi connectivity index (χ1v) is 12.5. The fraction of sp³-hybridized carbons (Fsp3) is 0.370. The van der Waals surface area contributed by atoms with E-state index < -0.39 is 11.7 Å². The van der Waals surface area contributed by atoms with Crippen LogP contribution in [0.4, 0.5) is 30.6 Å². The van der Waals surface area contributed by atoms with Crippen LogP contribution in [0.5, 0.6) is 0 Å². The van der Waals surface area contributed by atoms with E-state index >= 15 is 0 Å². The van der Waals surface area contributed by atoms with Crippen LogP contribution in [0.3, 0.4) is 0 Å². The SMILES string of the molecule is CC(C)n1cnc2c(NC3CCN(Cc4ccccc4)CC3)nc(Nc3ccc(C(F)(F)F)cc3)nc21. The third-order valence-corrected chi connectivity index (χ3v) is 6.62. The monoisotopic (exact) mass is 509 g/mol. The molecule has 194 valence electrons. The number of aromatic nitrogens is 4. The third-order valence-electron chi connectivity index (χ3n) is 6.62. The zero-order chi connectivity index (χ0) is 26.0. The van der Waals surface area contributed by atoms with Gasteiger partial charge in [0.25, 0.3) is 0 Å². The Morgan fingerprint density at radius 2 is 1.68 bits per heavy atom. The molecule has 1 fully saturated rings. The molecule has 0 saturated carbocycles. The molecule has 3 heterocycles. The number of likely N-dealkylation sites (tertiary alicyclic amines) is 1. The van der Waals surface area contributed by atoms with Gasteiger partial charge < -0.3 is 15.2 Å². The molecule has 0 atom stereocenters. The fourth-order valence-corrected chi connectivity index (χ4v) is 4.59. The summed E-state index contributed by atoms with van der Waals surface area (Å²) >= 11 is 0. The van der Waals surface area contributed by atoms with Crippen LogP contribution in [-0.4, -0.2) is 43.6 Å². The molecule has 0 spiro atoms. The number of halogens is 3. The van der Waals surface area contributed by atoms with Crippen LogP contribution in [-0.2, 0) is 12.7 Å². The minimum absolute atomic E-state index is 0.132. The molecule has 0 bridgehead atoms. The summed E-state index contributed by atoms with van der Waals surface area (Å²) in [4.78, 5) is 16.3. The quantitative estimate of drug-likeness (QED) is 0.307. The standard InChI is InChI=1S/C27H30F3N7/c1-18(2)37-17-31-23-24(32-22-12-14-36(15-13-22)16-19-6-4-3-5-7-19)34-26(35-25(23)37)33-21-10-8-20(9-11-21)27(28,29)30/h3-11,17-18,22H,12-16H2,1-2H3,(H2,32,33,34,35). The highest BCUT2D eigenvalue weighted by atomic mass is 19.4. The zero-order valence-corrected chi connectivity index (χ0v) is 20.8. The number of hydrogen-bond acceptors (Lipinski definition) is 6. The first-order chi connectivity index (χ1) is 17.8. The maximum atomic E-state index is 12.9. The Morgan fingerprint density at radius 1 is 0.973 bits per heavy atom. The Bertz CT molecular complexity index is 1330. The average molecular weight is 510 g/mol.